The van der Waals surface area contributed by atoms with Crippen molar-refractivity contribution >= 4 is 17.8 Å². The third kappa shape index (κ3) is 4.99. The topological polar surface area (TPSA) is 91.6 Å². The van der Waals surface area contributed by atoms with Gasteiger partial charge in [0, 0.05) is 31.0 Å². The van der Waals surface area contributed by atoms with E-state index in [2.05, 4.69) is 51.2 Å². The minimum atomic E-state index is -0.814. The molecule has 204 valence electrons. The quantitative estimate of drug-likeness (QED) is 0.538. The maximum absolute atomic E-state index is 13.9. The van der Waals surface area contributed by atoms with Gasteiger partial charge in [0.1, 0.15) is 5.69 Å². The van der Waals surface area contributed by atoms with E-state index in [4.69, 9.17) is 0 Å². The number of carboxylic acids is 1. The Morgan fingerprint density at radius 2 is 1.68 bits per heavy atom. The van der Waals surface area contributed by atoms with Crippen LogP contribution in [0.2, 0.25) is 0 Å². The van der Waals surface area contributed by atoms with E-state index >= 15 is 0 Å². The summed E-state index contributed by atoms with van der Waals surface area (Å²) >= 11 is 0. The van der Waals surface area contributed by atoms with E-state index in [1.54, 1.807) is 0 Å². The molecule has 2 aromatic rings. The van der Waals surface area contributed by atoms with Gasteiger partial charge < -0.3 is 19.9 Å². The molecule has 1 aromatic heterocycles. The molecule has 1 aromatic carbocycles. The maximum Gasteiger partial charge on any atom is 0.306 e. The number of piperidine rings is 1. The number of carbonyl (C=O) groups is 3. The Morgan fingerprint density at radius 1 is 1.03 bits per heavy atom. The molecular weight excluding hydrogens is 478 g/mol. The Morgan fingerprint density at radius 3 is 2.26 bits per heavy atom. The van der Waals surface area contributed by atoms with E-state index in [1.807, 2.05) is 22.6 Å². The van der Waals surface area contributed by atoms with Crippen molar-refractivity contribution in [3.05, 3.63) is 52.3 Å². The van der Waals surface area contributed by atoms with Crippen molar-refractivity contribution in [2.75, 3.05) is 13.1 Å². The molecule has 1 saturated heterocycles. The number of nitrogens with one attached hydrogen (secondary N) is 1. The van der Waals surface area contributed by atoms with Gasteiger partial charge in [-0.1, -0.05) is 33.8 Å². The van der Waals surface area contributed by atoms with Gasteiger partial charge in [0.2, 0.25) is 0 Å². The van der Waals surface area contributed by atoms with Crippen LogP contribution in [0.5, 0.6) is 0 Å². The van der Waals surface area contributed by atoms with Gasteiger partial charge in [0.05, 0.1) is 11.5 Å². The van der Waals surface area contributed by atoms with Gasteiger partial charge in [0.15, 0.2) is 0 Å². The van der Waals surface area contributed by atoms with Crippen molar-refractivity contribution in [3.8, 4) is 5.69 Å². The number of carboxylic acid groups (broad SMARTS) is 1. The summed E-state index contributed by atoms with van der Waals surface area (Å²) < 4.78 is 1.94. The molecule has 2 heterocycles. The van der Waals surface area contributed by atoms with Gasteiger partial charge in [-0.25, -0.2) is 0 Å². The molecule has 2 saturated carbocycles. The number of nitrogens with zero attached hydrogens (tertiary/aromatic N) is 2. The molecule has 7 heteroatoms. The van der Waals surface area contributed by atoms with Crippen LogP contribution in [0, 0.1) is 12.8 Å². The average molecular weight is 520 g/mol. The molecule has 2 N–H and O–H groups in total. The van der Waals surface area contributed by atoms with Crippen LogP contribution in [-0.4, -0.2) is 51.5 Å². The molecule has 1 aliphatic heterocycles. The molecule has 2 amide bonds. The summed E-state index contributed by atoms with van der Waals surface area (Å²) in [4.78, 5) is 40.5. The molecule has 38 heavy (non-hydrogen) atoms. The number of likely N-dealkylation sites (tertiary alicyclic amines) is 1. The van der Waals surface area contributed by atoms with E-state index in [0.717, 1.165) is 50.9 Å². The fourth-order valence-electron chi connectivity index (χ4n) is 5.75. The zero-order valence-electron chi connectivity index (χ0n) is 23.4. The Kier molecular flexibility index (Phi) is 6.69. The zero-order valence-corrected chi connectivity index (χ0v) is 23.4. The van der Waals surface area contributed by atoms with Crippen LogP contribution >= 0.6 is 0 Å². The van der Waals surface area contributed by atoms with Gasteiger partial charge >= 0.3 is 5.97 Å². The normalized spacial score (nSPS) is 22.5. The van der Waals surface area contributed by atoms with Gasteiger partial charge in [-0.2, -0.15) is 0 Å². The number of hydrogen-bond donors (Lipinski definition) is 2. The van der Waals surface area contributed by atoms with E-state index in [-0.39, 0.29) is 28.7 Å². The SMILES string of the molecule is Cc1c(C(=O)NC2CC(C(=O)O)C2)cn(-c2cc(C(C)(C)C)cc(C3(C)CC3)c2)c1C(=O)N1CCCCC1. The van der Waals surface area contributed by atoms with E-state index in [9.17, 15) is 19.5 Å². The first-order valence-corrected chi connectivity index (χ1v) is 14.1. The highest BCUT2D eigenvalue weighted by molar-refractivity contribution is 6.02. The molecule has 2 aliphatic carbocycles. The van der Waals surface area contributed by atoms with E-state index in [1.165, 1.54) is 11.1 Å². The molecule has 7 nitrogen and oxygen atoms in total. The molecule has 0 atom stereocenters. The van der Waals surface area contributed by atoms with Crippen molar-refractivity contribution in [2.45, 2.75) is 96.4 Å². The highest BCUT2D eigenvalue weighted by Crippen LogP contribution is 2.49. The first-order chi connectivity index (χ1) is 17.9. The Balaban J connectivity index is 1.57. The molecule has 0 spiro atoms. The number of aliphatic carboxylic acids is 1. The van der Waals surface area contributed by atoms with Crippen LogP contribution in [-0.2, 0) is 15.6 Å². The molecule has 0 bridgehead atoms. The van der Waals surface area contributed by atoms with Crippen LogP contribution < -0.4 is 5.32 Å². The van der Waals surface area contributed by atoms with Crippen molar-refractivity contribution in [3.63, 3.8) is 0 Å². The van der Waals surface area contributed by atoms with Crippen LogP contribution in [0.3, 0.4) is 0 Å². The largest absolute Gasteiger partial charge is 0.481 e. The van der Waals surface area contributed by atoms with Gasteiger partial charge in [0.25, 0.3) is 11.8 Å². The lowest BCUT2D eigenvalue weighted by Gasteiger charge is -2.32. The number of rotatable bonds is 6. The van der Waals surface area contributed by atoms with Crippen molar-refractivity contribution in [2.24, 2.45) is 5.92 Å². The highest BCUT2D eigenvalue weighted by atomic mass is 16.4. The summed E-state index contributed by atoms with van der Waals surface area (Å²) in [5, 5.41) is 12.2. The third-order valence-corrected chi connectivity index (χ3v) is 8.93. The summed E-state index contributed by atoms with van der Waals surface area (Å²) in [6.45, 7) is 12.2. The molecule has 0 unspecified atom stereocenters. The monoisotopic (exact) mass is 519 g/mol. The lowest BCUT2D eigenvalue weighted by Crippen LogP contribution is -2.46. The molecular formula is C31H41N3O4. The number of carbonyl (C=O) groups excluding carboxylic acids is 2. The van der Waals surface area contributed by atoms with Crippen molar-refractivity contribution < 1.29 is 19.5 Å². The highest BCUT2D eigenvalue weighted by Gasteiger charge is 2.40. The van der Waals surface area contributed by atoms with Gasteiger partial charge in [-0.15, -0.1) is 0 Å². The number of hydrogen-bond acceptors (Lipinski definition) is 3. The second kappa shape index (κ2) is 9.58. The van der Waals surface area contributed by atoms with Gasteiger partial charge in [-0.05, 0) is 91.5 Å². The van der Waals surface area contributed by atoms with Crippen molar-refractivity contribution in [1.29, 1.82) is 0 Å². The van der Waals surface area contributed by atoms with Crippen LogP contribution in [0.15, 0.2) is 24.4 Å². The number of aromatic nitrogens is 1. The molecule has 3 aliphatic rings. The summed E-state index contributed by atoms with van der Waals surface area (Å²) in [6.07, 6.45) is 8.11. The second-order valence-corrected chi connectivity index (χ2v) is 13.0. The zero-order chi connectivity index (χ0) is 27.4. The fourth-order valence-corrected chi connectivity index (χ4v) is 5.75. The number of benzene rings is 1. The number of amides is 2. The molecule has 3 fully saturated rings. The average Bonchev–Trinajstić information content (AvgIpc) is 3.51. The summed E-state index contributed by atoms with van der Waals surface area (Å²) in [5.41, 5.74) is 5.19. The maximum atomic E-state index is 13.9. The van der Waals surface area contributed by atoms with E-state index < -0.39 is 11.9 Å². The lowest BCUT2D eigenvalue weighted by atomic mass is 9.80. The first kappa shape index (κ1) is 26.5. The fraction of sp³-hybridized carbons (Fsp3) is 0.581. The molecule has 0 radical (unpaired) electrons. The first-order valence-electron chi connectivity index (χ1n) is 14.1. The van der Waals surface area contributed by atoms with E-state index in [0.29, 0.717) is 29.7 Å². The predicted molar refractivity (Wildman–Crippen MR) is 147 cm³/mol. The minimum absolute atomic E-state index is 0.0313. The second-order valence-electron chi connectivity index (χ2n) is 13.0. The lowest BCUT2D eigenvalue weighted by molar-refractivity contribution is -0.145. The van der Waals surface area contributed by atoms with Crippen LogP contribution in [0.4, 0.5) is 0 Å². The van der Waals surface area contributed by atoms with Crippen LogP contribution in [0.25, 0.3) is 5.69 Å². The molecule has 5 rings (SSSR count). The Bertz CT molecular complexity index is 1250. The van der Waals surface area contributed by atoms with Gasteiger partial charge in [-0.3, -0.25) is 14.4 Å². The Labute approximate surface area is 225 Å². The minimum Gasteiger partial charge on any atom is -0.481 e. The summed E-state index contributed by atoms with van der Waals surface area (Å²) in [5.74, 6) is -1.49. The smallest absolute Gasteiger partial charge is 0.306 e. The predicted octanol–water partition coefficient (Wildman–Crippen LogP) is 5.35. The third-order valence-electron chi connectivity index (χ3n) is 8.93. The summed E-state index contributed by atoms with van der Waals surface area (Å²) in [7, 11) is 0. The Hall–Kier alpha value is -3.09. The summed E-state index contributed by atoms with van der Waals surface area (Å²) in [6, 6.07) is 6.51. The van der Waals surface area contributed by atoms with Crippen LogP contribution in [0.1, 0.15) is 110 Å². The standard InChI is InChI=1S/C31H41N3O4/c1-19-25(27(35)32-23-13-20(14-23)29(37)38)18-34(26(19)28(36)33-11-7-6-8-12-33)24-16-21(30(2,3)4)15-22(17-24)31(5)9-10-31/h15-18,20,23H,6-14H2,1-5H3,(H,32,35)(H,37,38). The van der Waals surface area contributed by atoms with Crippen molar-refractivity contribution in [1.82, 2.24) is 14.8 Å².